The van der Waals surface area contributed by atoms with E-state index in [1.54, 1.807) is 12.4 Å². The molecule has 2 aromatic rings. The van der Waals surface area contributed by atoms with Gasteiger partial charge in [-0.3, -0.25) is 0 Å². The highest BCUT2D eigenvalue weighted by Crippen LogP contribution is 2.34. The van der Waals surface area contributed by atoms with Crippen molar-refractivity contribution in [3.63, 3.8) is 0 Å². The number of aryl methyl sites for hydroxylation is 1. The topological polar surface area (TPSA) is 49.6 Å². The van der Waals surface area contributed by atoms with E-state index in [-0.39, 0.29) is 0 Å². The summed E-state index contributed by atoms with van der Waals surface area (Å²) in [4.78, 5) is 8.53. The third kappa shape index (κ3) is 5.14. The molecule has 0 unspecified atom stereocenters. The molecule has 1 fully saturated rings. The second-order valence-electron chi connectivity index (χ2n) is 7.67. The first-order valence-electron chi connectivity index (χ1n) is 10.1. The second kappa shape index (κ2) is 9.48. The van der Waals surface area contributed by atoms with E-state index in [9.17, 15) is 0 Å². The molecule has 26 heavy (non-hydrogen) atoms. The highest BCUT2D eigenvalue weighted by Gasteiger charge is 2.20. The van der Waals surface area contributed by atoms with Gasteiger partial charge in [0.1, 0.15) is 6.07 Å². The minimum absolute atomic E-state index is 0.495. The van der Waals surface area contributed by atoms with Gasteiger partial charge in [-0.05, 0) is 30.2 Å². The van der Waals surface area contributed by atoms with Crippen LogP contribution in [0.5, 0.6) is 0 Å². The van der Waals surface area contributed by atoms with Gasteiger partial charge in [-0.1, -0.05) is 76.1 Å². The molecule has 136 valence electrons. The Morgan fingerprint density at radius 2 is 1.58 bits per heavy atom. The summed E-state index contributed by atoms with van der Waals surface area (Å²) in [6, 6.07) is 10.6. The molecular formula is C23H29N3. The molecule has 1 aliphatic carbocycles. The van der Waals surface area contributed by atoms with E-state index in [0.29, 0.717) is 11.4 Å². The van der Waals surface area contributed by atoms with Crippen molar-refractivity contribution in [3.05, 3.63) is 47.8 Å². The van der Waals surface area contributed by atoms with E-state index in [0.717, 1.165) is 17.4 Å². The largest absolute Gasteiger partial charge is 0.235 e. The van der Waals surface area contributed by atoms with Gasteiger partial charge < -0.3 is 0 Å². The predicted octanol–water partition coefficient (Wildman–Crippen LogP) is 5.94. The Labute approximate surface area is 157 Å². The Hall–Kier alpha value is -2.21. The van der Waals surface area contributed by atoms with Crippen LogP contribution in [0.15, 0.2) is 36.7 Å². The van der Waals surface area contributed by atoms with Crippen molar-refractivity contribution in [3.8, 4) is 17.5 Å². The maximum absolute atomic E-state index is 8.82. The molecule has 0 radical (unpaired) electrons. The minimum atomic E-state index is 0.495. The van der Waals surface area contributed by atoms with Crippen LogP contribution in [0.25, 0.3) is 11.4 Å². The zero-order valence-corrected chi connectivity index (χ0v) is 15.8. The lowest BCUT2D eigenvalue weighted by atomic mass is 9.78. The first-order chi connectivity index (χ1) is 12.8. The van der Waals surface area contributed by atoms with E-state index in [4.69, 9.17) is 5.26 Å². The number of nitriles is 1. The maximum Gasteiger partial charge on any atom is 0.159 e. The Bertz CT molecular complexity index is 705. The summed E-state index contributed by atoms with van der Waals surface area (Å²) in [5, 5.41) is 8.82. The van der Waals surface area contributed by atoms with Gasteiger partial charge >= 0.3 is 0 Å². The van der Waals surface area contributed by atoms with Crippen molar-refractivity contribution in [1.82, 2.24) is 9.97 Å². The van der Waals surface area contributed by atoms with Crippen LogP contribution in [0.4, 0.5) is 0 Å². The number of hydrogen-bond donors (Lipinski definition) is 0. The molecule has 0 amide bonds. The first-order valence-corrected chi connectivity index (χ1v) is 10.1. The number of nitrogens with zero attached hydrogens (tertiary/aromatic N) is 3. The molecule has 1 heterocycles. The standard InChI is InChI=1S/C23H29N3/c1-2-3-4-18-5-7-19(8-6-18)9-10-20-11-13-22(14-12-20)23-25-16-21(15-24)17-26-23/h11-14,16-19H,2-10H2,1H3. The monoisotopic (exact) mass is 347 g/mol. The second-order valence-corrected chi connectivity index (χ2v) is 7.67. The zero-order valence-electron chi connectivity index (χ0n) is 15.8. The van der Waals surface area contributed by atoms with Crippen molar-refractivity contribution in [2.24, 2.45) is 11.8 Å². The van der Waals surface area contributed by atoms with Crippen LogP contribution in [-0.4, -0.2) is 9.97 Å². The average molecular weight is 348 g/mol. The molecule has 3 nitrogen and oxygen atoms in total. The van der Waals surface area contributed by atoms with Gasteiger partial charge in [-0.2, -0.15) is 5.26 Å². The van der Waals surface area contributed by atoms with Crippen molar-refractivity contribution in [2.75, 3.05) is 0 Å². The molecule has 1 saturated carbocycles. The normalized spacial score (nSPS) is 19.8. The summed E-state index contributed by atoms with van der Waals surface area (Å²) in [7, 11) is 0. The quantitative estimate of drug-likeness (QED) is 0.622. The maximum atomic E-state index is 8.82. The van der Waals surface area contributed by atoms with Gasteiger partial charge in [0.05, 0.1) is 5.56 Å². The van der Waals surface area contributed by atoms with Gasteiger partial charge in [0.25, 0.3) is 0 Å². The van der Waals surface area contributed by atoms with Crippen LogP contribution in [0.3, 0.4) is 0 Å². The summed E-state index contributed by atoms with van der Waals surface area (Å²) in [5.74, 6) is 2.59. The van der Waals surface area contributed by atoms with Crippen molar-refractivity contribution < 1.29 is 0 Å². The third-order valence-electron chi connectivity index (χ3n) is 5.77. The van der Waals surface area contributed by atoms with Crippen molar-refractivity contribution in [1.29, 1.82) is 5.26 Å². The molecule has 3 heteroatoms. The molecule has 0 bridgehead atoms. The van der Waals surface area contributed by atoms with Gasteiger partial charge in [0.2, 0.25) is 0 Å². The van der Waals surface area contributed by atoms with Crippen LogP contribution in [0.2, 0.25) is 0 Å². The molecule has 1 aromatic heterocycles. The van der Waals surface area contributed by atoms with E-state index in [2.05, 4.69) is 47.2 Å². The molecule has 0 atom stereocenters. The number of aromatic nitrogens is 2. The fourth-order valence-corrected chi connectivity index (χ4v) is 4.03. The number of rotatable bonds is 7. The summed E-state index contributed by atoms with van der Waals surface area (Å²) < 4.78 is 0. The third-order valence-corrected chi connectivity index (χ3v) is 5.77. The molecule has 0 saturated heterocycles. The van der Waals surface area contributed by atoms with E-state index in [1.165, 1.54) is 63.4 Å². The summed E-state index contributed by atoms with van der Waals surface area (Å²) in [6.07, 6.45) is 15.6. The lowest BCUT2D eigenvalue weighted by Crippen LogP contribution is -2.15. The van der Waals surface area contributed by atoms with Crippen molar-refractivity contribution in [2.45, 2.75) is 64.7 Å². The van der Waals surface area contributed by atoms with E-state index >= 15 is 0 Å². The Morgan fingerprint density at radius 3 is 2.15 bits per heavy atom. The number of benzene rings is 1. The molecular weight excluding hydrogens is 318 g/mol. The van der Waals surface area contributed by atoms with Gasteiger partial charge in [-0.15, -0.1) is 0 Å². The highest BCUT2D eigenvalue weighted by molar-refractivity contribution is 5.55. The fraction of sp³-hybridized carbons (Fsp3) is 0.522. The molecule has 1 aliphatic rings. The zero-order chi connectivity index (χ0) is 18.2. The minimum Gasteiger partial charge on any atom is -0.235 e. The molecule has 3 rings (SSSR count). The van der Waals surface area contributed by atoms with Crippen LogP contribution < -0.4 is 0 Å². The van der Waals surface area contributed by atoms with E-state index < -0.39 is 0 Å². The summed E-state index contributed by atoms with van der Waals surface area (Å²) >= 11 is 0. The SMILES string of the molecule is CCCCC1CCC(CCc2ccc(-c3ncc(C#N)cn3)cc2)CC1. The van der Waals surface area contributed by atoms with Crippen LogP contribution in [0, 0.1) is 23.2 Å². The predicted molar refractivity (Wildman–Crippen MR) is 105 cm³/mol. The van der Waals surface area contributed by atoms with E-state index in [1.807, 2.05) is 0 Å². The summed E-state index contributed by atoms with van der Waals surface area (Å²) in [5.41, 5.74) is 2.90. The average Bonchev–Trinajstić information content (AvgIpc) is 2.72. The van der Waals surface area contributed by atoms with Gasteiger partial charge in [0.15, 0.2) is 5.82 Å². The molecule has 1 aromatic carbocycles. The smallest absolute Gasteiger partial charge is 0.159 e. The highest BCUT2D eigenvalue weighted by atomic mass is 14.9. The van der Waals surface area contributed by atoms with Crippen LogP contribution >= 0.6 is 0 Å². The first kappa shape index (κ1) is 18.6. The van der Waals surface area contributed by atoms with Gasteiger partial charge in [-0.25, -0.2) is 9.97 Å². The lowest BCUT2D eigenvalue weighted by Gasteiger charge is -2.28. The van der Waals surface area contributed by atoms with Crippen LogP contribution in [0.1, 0.15) is 69.4 Å². The Kier molecular flexibility index (Phi) is 6.77. The fourth-order valence-electron chi connectivity index (χ4n) is 4.03. The Morgan fingerprint density at radius 1 is 0.962 bits per heavy atom. The Balaban J connectivity index is 1.47. The van der Waals surface area contributed by atoms with Crippen LogP contribution in [-0.2, 0) is 6.42 Å². The molecule has 0 N–H and O–H groups in total. The molecule has 0 spiro atoms. The number of unbranched alkanes of at least 4 members (excludes halogenated alkanes) is 1. The van der Waals surface area contributed by atoms with Gasteiger partial charge in [0, 0.05) is 18.0 Å². The van der Waals surface area contributed by atoms with Crippen molar-refractivity contribution >= 4 is 0 Å². The summed E-state index contributed by atoms with van der Waals surface area (Å²) in [6.45, 7) is 2.30. The number of hydrogen-bond acceptors (Lipinski definition) is 3. The lowest BCUT2D eigenvalue weighted by molar-refractivity contribution is 0.250. The molecule has 0 aliphatic heterocycles.